The minimum atomic E-state index is -3.65. The van der Waals surface area contributed by atoms with Gasteiger partial charge in [-0.25, -0.2) is 13.1 Å². The second-order valence-electron chi connectivity index (χ2n) is 9.02. The van der Waals surface area contributed by atoms with Crippen LogP contribution in [0.4, 0.5) is 0 Å². The van der Waals surface area contributed by atoms with Crippen molar-refractivity contribution in [1.29, 1.82) is 0 Å². The molecule has 6 nitrogen and oxygen atoms in total. The molecule has 154 valence electrons. The fourth-order valence-electron chi connectivity index (χ4n) is 6.04. The predicted molar refractivity (Wildman–Crippen MR) is 106 cm³/mol. The summed E-state index contributed by atoms with van der Waals surface area (Å²) in [6.07, 6.45) is 7.83. The summed E-state index contributed by atoms with van der Waals surface area (Å²) < 4.78 is 32.1. The third-order valence-electron chi connectivity index (χ3n) is 6.79. The summed E-state index contributed by atoms with van der Waals surface area (Å²) >= 11 is 0. The number of nitrogens with one attached hydrogen (secondary N) is 2. The van der Waals surface area contributed by atoms with Crippen molar-refractivity contribution in [2.24, 2.45) is 23.2 Å². The van der Waals surface area contributed by atoms with E-state index in [0.717, 1.165) is 17.8 Å². The molecule has 0 unspecified atom stereocenters. The van der Waals surface area contributed by atoms with E-state index in [4.69, 9.17) is 4.74 Å². The van der Waals surface area contributed by atoms with Crippen molar-refractivity contribution >= 4 is 15.9 Å². The van der Waals surface area contributed by atoms with E-state index in [0.29, 0.717) is 18.7 Å². The normalized spacial score (nSPS) is 31.1. The zero-order chi connectivity index (χ0) is 19.8. The minimum Gasteiger partial charge on any atom is -0.383 e. The van der Waals surface area contributed by atoms with Crippen LogP contribution in [0.5, 0.6) is 0 Å². The van der Waals surface area contributed by atoms with Crippen LogP contribution in [0.2, 0.25) is 0 Å². The Labute approximate surface area is 167 Å². The predicted octanol–water partition coefficient (Wildman–Crippen LogP) is 2.56. The van der Waals surface area contributed by atoms with Crippen molar-refractivity contribution in [2.75, 3.05) is 26.8 Å². The molecule has 1 aromatic carbocycles. The van der Waals surface area contributed by atoms with Gasteiger partial charge in [-0.05, 0) is 79.9 Å². The lowest BCUT2D eigenvalue weighted by Gasteiger charge is -2.56. The largest absolute Gasteiger partial charge is 0.383 e. The zero-order valence-corrected chi connectivity index (χ0v) is 17.3. The molecule has 7 heteroatoms. The Kier molecular flexibility index (Phi) is 5.51. The third-order valence-corrected chi connectivity index (χ3v) is 8.25. The first-order chi connectivity index (χ1) is 13.4. The fraction of sp³-hybridized carbons (Fsp3) is 0.667. The zero-order valence-electron chi connectivity index (χ0n) is 16.4. The summed E-state index contributed by atoms with van der Waals surface area (Å²) in [5.41, 5.74) is 0.648. The van der Waals surface area contributed by atoms with Crippen molar-refractivity contribution in [1.82, 2.24) is 10.0 Å². The van der Waals surface area contributed by atoms with E-state index in [9.17, 15) is 13.2 Å². The van der Waals surface area contributed by atoms with E-state index >= 15 is 0 Å². The maximum absolute atomic E-state index is 12.7. The Morgan fingerprint density at radius 2 is 1.79 bits per heavy atom. The smallest absolute Gasteiger partial charge is 0.251 e. The van der Waals surface area contributed by atoms with Gasteiger partial charge in [0.15, 0.2) is 0 Å². The van der Waals surface area contributed by atoms with E-state index in [-0.39, 0.29) is 22.8 Å². The molecule has 0 aromatic heterocycles. The van der Waals surface area contributed by atoms with Crippen molar-refractivity contribution in [3.05, 3.63) is 29.8 Å². The molecule has 0 heterocycles. The van der Waals surface area contributed by atoms with E-state index in [1.54, 1.807) is 12.1 Å². The molecule has 1 aromatic rings. The summed E-state index contributed by atoms with van der Waals surface area (Å²) in [5, 5.41) is 3.11. The van der Waals surface area contributed by atoms with Crippen LogP contribution in [-0.2, 0) is 14.8 Å². The maximum atomic E-state index is 12.7. The number of carbonyl (C=O) groups excluding carboxylic acids is 1. The SMILES string of the molecule is COCCNS(=O)(=O)c1cccc(C(=O)NCC23CC4CC(CC(C4)C2)C3)c1. The highest BCUT2D eigenvalue weighted by Crippen LogP contribution is 2.59. The lowest BCUT2D eigenvalue weighted by molar-refractivity contribution is -0.0503. The van der Waals surface area contributed by atoms with Gasteiger partial charge >= 0.3 is 0 Å². The Morgan fingerprint density at radius 3 is 2.39 bits per heavy atom. The average molecular weight is 407 g/mol. The van der Waals surface area contributed by atoms with Gasteiger partial charge in [0.05, 0.1) is 11.5 Å². The molecule has 4 aliphatic rings. The maximum Gasteiger partial charge on any atom is 0.251 e. The molecule has 0 saturated heterocycles. The molecular weight excluding hydrogens is 376 g/mol. The minimum absolute atomic E-state index is 0.103. The molecule has 1 amide bonds. The summed E-state index contributed by atoms with van der Waals surface area (Å²) in [5.74, 6) is 2.34. The van der Waals surface area contributed by atoms with Crippen molar-refractivity contribution in [3.63, 3.8) is 0 Å². The summed E-state index contributed by atoms with van der Waals surface area (Å²) in [4.78, 5) is 12.8. The van der Waals surface area contributed by atoms with E-state index in [1.165, 1.54) is 57.8 Å². The van der Waals surface area contributed by atoms with Crippen LogP contribution in [-0.4, -0.2) is 41.1 Å². The molecule has 4 aliphatic carbocycles. The van der Waals surface area contributed by atoms with Crippen LogP contribution in [0.25, 0.3) is 0 Å². The number of methoxy groups -OCH3 is 1. The van der Waals surface area contributed by atoms with Gasteiger partial charge in [-0.2, -0.15) is 0 Å². The molecule has 4 saturated carbocycles. The molecule has 4 fully saturated rings. The van der Waals surface area contributed by atoms with Gasteiger partial charge in [-0.15, -0.1) is 0 Å². The Morgan fingerprint density at radius 1 is 1.14 bits per heavy atom. The first kappa shape index (κ1) is 19.9. The topological polar surface area (TPSA) is 84.5 Å². The lowest BCUT2D eigenvalue weighted by Crippen LogP contribution is -2.51. The number of hydrogen-bond acceptors (Lipinski definition) is 4. The number of amides is 1. The van der Waals surface area contributed by atoms with Gasteiger partial charge < -0.3 is 10.1 Å². The highest BCUT2D eigenvalue weighted by molar-refractivity contribution is 7.89. The van der Waals surface area contributed by atoms with Gasteiger partial charge in [-0.1, -0.05) is 6.07 Å². The van der Waals surface area contributed by atoms with Crippen LogP contribution in [0.1, 0.15) is 48.9 Å². The van der Waals surface area contributed by atoms with Gasteiger partial charge in [0.1, 0.15) is 0 Å². The number of sulfonamides is 1. The number of hydrogen-bond donors (Lipinski definition) is 2. The molecule has 2 N–H and O–H groups in total. The number of carbonyl (C=O) groups is 1. The Bertz CT molecular complexity index is 801. The highest BCUT2D eigenvalue weighted by atomic mass is 32.2. The van der Waals surface area contributed by atoms with E-state index in [2.05, 4.69) is 10.0 Å². The molecule has 0 radical (unpaired) electrons. The fourth-order valence-corrected chi connectivity index (χ4v) is 7.10. The lowest BCUT2D eigenvalue weighted by atomic mass is 9.49. The number of rotatable bonds is 8. The van der Waals surface area contributed by atoms with Gasteiger partial charge in [0, 0.05) is 25.8 Å². The second kappa shape index (κ2) is 7.76. The first-order valence-corrected chi connectivity index (χ1v) is 11.7. The number of benzene rings is 1. The second-order valence-corrected chi connectivity index (χ2v) is 10.8. The summed E-state index contributed by atoms with van der Waals surface area (Å²) in [6.45, 7) is 1.20. The van der Waals surface area contributed by atoms with Crippen molar-refractivity contribution in [3.8, 4) is 0 Å². The standard InChI is InChI=1S/C21H30N2O4S/c1-27-6-5-23-28(25,26)19-4-2-3-18(10-19)20(24)22-14-21-11-15-7-16(12-21)9-17(8-15)13-21/h2-4,10,15-17,23H,5-9,11-14H2,1H3,(H,22,24). The third kappa shape index (κ3) is 4.11. The highest BCUT2D eigenvalue weighted by Gasteiger charge is 2.50. The van der Waals surface area contributed by atoms with Crippen LogP contribution >= 0.6 is 0 Å². The molecule has 4 bridgehead atoms. The van der Waals surface area contributed by atoms with Gasteiger partial charge in [0.2, 0.25) is 10.0 Å². The summed E-state index contributed by atoms with van der Waals surface area (Å²) in [6, 6.07) is 6.24. The van der Waals surface area contributed by atoms with Gasteiger partial charge in [-0.3, -0.25) is 4.79 Å². The van der Waals surface area contributed by atoms with Crippen LogP contribution in [0.3, 0.4) is 0 Å². The van der Waals surface area contributed by atoms with Crippen LogP contribution in [0, 0.1) is 23.2 Å². The van der Waals surface area contributed by atoms with E-state index < -0.39 is 10.0 Å². The first-order valence-electron chi connectivity index (χ1n) is 10.3. The number of ether oxygens (including phenoxy) is 1. The molecule has 0 spiro atoms. The van der Waals surface area contributed by atoms with Crippen LogP contribution < -0.4 is 10.0 Å². The Hall–Kier alpha value is -1.44. The molecule has 0 aliphatic heterocycles. The van der Waals surface area contributed by atoms with Crippen LogP contribution in [0.15, 0.2) is 29.2 Å². The molecular formula is C21H30N2O4S. The molecule has 0 atom stereocenters. The average Bonchev–Trinajstić information content (AvgIpc) is 2.65. The Balaban J connectivity index is 1.40. The summed E-state index contributed by atoms with van der Waals surface area (Å²) in [7, 11) is -2.13. The van der Waals surface area contributed by atoms with Gasteiger partial charge in [0.25, 0.3) is 5.91 Å². The molecule has 5 rings (SSSR count). The monoisotopic (exact) mass is 406 g/mol. The van der Waals surface area contributed by atoms with Crippen molar-refractivity contribution in [2.45, 2.75) is 43.4 Å². The van der Waals surface area contributed by atoms with Crippen molar-refractivity contribution < 1.29 is 17.9 Å². The van der Waals surface area contributed by atoms with E-state index in [1.807, 2.05) is 0 Å². The quantitative estimate of drug-likeness (QED) is 0.650. The molecule has 28 heavy (non-hydrogen) atoms.